The molecule has 1 unspecified atom stereocenters. The molecule has 1 aromatic heterocycles. The second kappa shape index (κ2) is 5.64. The Kier molecular flexibility index (Phi) is 3.70. The highest BCUT2D eigenvalue weighted by molar-refractivity contribution is 8.01. The summed E-state index contributed by atoms with van der Waals surface area (Å²) >= 11 is 2.99. The van der Waals surface area contributed by atoms with E-state index in [9.17, 15) is 4.79 Å². The van der Waals surface area contributed by atoms with E-state index in [0.717, 1.165) is 15.7 Å². The highest BCUT2D eigenvalue weighted by Gasteiger charge is 2.31. The van der Waals surface area contributed by atoms with Crippen LogP contribution in [0.3, 0.4) is 0 Å². The predicted octanol–water partition coefficient (Wildman–Crippen LogP) is 3.10. The molecule has 0 spiro atoms. The fourth-order valence-corrected chi connectivity index (χ4v) is 3.35. The van der Waals surface area contributed by atoms with Crippen molar-refractivity contribution in [1.82, 2.24) is 10.2 Å². The van der Waals surface area contributed by atoms with Crippen LogP contribution in [0.5, 0.6) is 0 Å². The van der Waals surface area contributed by atoms with Crippen molar-refractivity contribution in [2.45, 2.75) is 10.6 Å². The van der Waals surface area contributed by atoms with Gasteiger partial charge in [-0.05, 0) is 6.07 Å². The third-order valence-electron chi connectivity index (χ3n) is 2.67. The molecule has 0 radical (unpaired) electrons. The second-order valence-electron chi connectivity index (χ2n) is 3.99. The molecule has 7 heteroatoms. The minimum Gasteiger partial charge on any atom is -0.434 e. The standard InChI is InChI=1S/C13H11N3O2S2/c1-2-7-19-13-16-15-12(20-13)14-10-8-5-3-4-6-9(8)11(17)18-10/h2-6,10H,1,7H2,(H,14,15). The van der Waals surface area contributed by atoms with E-state index in [-0.39, 0.29) is 5.97 Å². The van der Waals surface area contributed by atoms with Crippen LogP contribution in [0.2, 0.25) is 0 Å². The molecule has 1 N–H and O–H groups in total. The summed E-state index contributed by atoms with van der Waals surface area (Å²) in [7, 11) is 0. The van der Waals surface area contributed by atoms with E-state index in [2.05, 4.69) is 22.1 Å². The lowest BCUT2D eigenvalue weighted by molar-refractivity contribution is 0.0437. The number of cyclic esters (lactones) is 1. The fourth-order valence-electron chi connectivity index (χ4n) is 1.82. The third kappa shape index (κ3) is 2.54. The zero-order valence-corrected chi connectivity index (χ0v) is 12.0. The van der Waals surface area contributed by atoms with E-state index in [1.807, 2.05) is 24.3 Å². The number of carbonyl (C=O) groups excluding carboxylic acids is 1. The second-order valence-corrected chi connectivity index (χ2v) is 6.23. The van der Waals surface area contributed by atoms with Gasteiger partial charge in [-0.15, -0.1) is 16.8 Å². The molecule has 3 rings (SSSR count). The van der Waals surface area contributed by atoms with Crippen LogP contribution in [0.4, 0.5) is 5.13 Å². The third-order valence-corrected chi connectivity index (χ3v) is 4.66. The van der Waals surface area contributed by atoms with Gasteiger partial charge in [0.15, 0.2) is 4.34 Å². The number of hydrogen-bond donors (Lipinski definition) is 1. The van der Waals surface area contributed by atoms with Crippen molar-refractivity contribution in [3.05, 3.63) is 48.0 Å². The van der Waals surface area contributed by atoms with Crippen LogP contribution < -0.4 is 5.32 Å². The molecule has 1 atom stereocenters. The molecular weight excluding hydrogens is 294 g/mol. The number of hydrogen-bond acceptors (Lipinski definition) is 7. The average Bonchev–Trinajstić information content (AvgIpc) is 3.03. The number of ether oxygens (including phenoxy) is 1. The molecule has 0 aliphatic carbocycles. The quantitative estimate of drug-likeness (QED) is 0.520. The van der Waals surface area contributed by atoms with Crippen LogP contribution in [-0.2, 0) is 4.74 Å². The first-order valence-electron chi connectivity index (χ1n) is 5.91. The van der Waals surface area contributed by atoms with Crippen molar-refractivity contribution in [1.29, 1.82) is 0 Å². The highest BCUT2D eigenvalue weighted by atomic mass is 32.2. The summed E-state index contributed by atoms with van der Waals surface area (Å²) in [6, 6.07) is 7.31. The maximum Gasteiger partial charge on any atom is 0.340 e. The van der Waals surface area contributed by atoms with Crippen LogP contribution >= 0.6 is 23.1 Å². The largest absolute Gasteiger partial charge is 0.434 e. The first kappa shape index (κ1) is 13.1. The van der Waals surface area contributed by atoms with E-state index in [1.54, 1.807) is 17.8 Å². The summed E-state index contributed by atoms with van der Waals surface area (Å²) in [6.45, 7) is 3.66. The number of fused-ring (bicyclic) bond motifs is 1. The lowest BCUT2D eigenvalue weighted by Gasteiger charge is -2.10. The van der Waals surface area contributed by atoms with E-state index >= 15 is 0 Å². The Bertz CT molecular complexity index is 657. The van der Waals surface area contributed by atoms with Gasteiger partial charge in [0.05, 0.1) is 5.56 Å². The zero-order chi connectivity index (χ0) is 13.9. The molecule has 1 aromatic carbocycles. The lowest BCUT2D eigenvalue weighted by Crippen LogP contribution is -2.09. The predicted molar refractivity (Wildman–Crippen MR) is 79.1 cm³/mol. The molecule has 2 aromatic rings. The Hall–Kier alpha value is -1.86. The topological polar surface area (TPSA) is 64.1 Å². The molecule has 20 heavy (non-hydrogen) atoms. The number of nitrogens with one attached hydrogen (secondary N) is 1. The average molecular weight is 305 g/mol. The van der Waals surface area contributed by atoms with Gasteiger partial charge in [0, 0.05) is 11.3 Å². The minimum atomic E-state index is -0.496. The Balaban J connectivity index is 1.74. The van der Waals surface area contributed by atoms with Gasteiger partial charge in [-0.2, -0.15) is 0 Å². The van der Waals surface area contributed by atoms with Gasteiger partial charge < -0.3 is 10.1 Å². The van der Waals surface area contributed by atoms with E-state index in [4.69, 9.17) is 4.74 Å². The molecule has 0 saturated heterocycles. The summed E-state index contributed by atoms with van der Waals surface area (Å²) in [5, 5.41) is 11.8. The number of benzene rings is 1. The maximum atomic E-state index is 11.7. The van der Waals surface area contributed by atoms with Gasteiger partial charge in [0.1, 0.15) is 0 Å². The van der Waals surface area contributed by atoms with Crippen molar-refractivity contribution < 1.29 is 9.53 Å². The molecule has 0 saturated carbocycles. The number of esters is 1. The summed E-state index contributed by atoms with van der Waals surface area (Å²) in [4.78, 5) is 11.7. The number of rotatable bonds is 5. The fraction of sp³-hybridized carbons (Fsp3) is 0.154. The van der Waals surface area contributed by atoms with Crippen molar-refractivity contribution >= 4 is 34.2 Å². The SMILES string of the molecule is C=CCSc1nnc(NC2OC(=O)c3ccccc32)s1. The smallest absolute Gasteiger partial charge is 0.340 e. The summed E-state index contributed by atoms with van der Waals surface area (Å²) in [6.07, 6.45) is 1.32. The van der Waals surface area contributed by atoms with Crippen LogP contribution in [0.25, 0.3) is 0 Å². The summed E-state index contributed by atoms with van der Waals surface area (Å²) in [5.74, 6) is 0.472. The van der Waals surface area contributed by atoms with Crippen LogP contribution in [0.1, 0.15) is 22.1 Å². The molecule has 1 aliphatic rings. The summed E-state index contributed by atoms with van der Waals surface area (Å²) < 4.78 is 6.14. The number of nitrogens with zero attached hydrogens (tertiary/aromatic N) is 2. The molecular formula is C13H11N3O2S2. The van der Waals surface area contributed by atoms with Gasteiger partial charge in [-0.25, -0.2) is 4.79 Å². The van der Waals surface area contributed by atoms with Crippen LogP contribution in [-0.4, -0.2) is 21.9 Å². The van der Waals surface area contributed by atoms with Crippen LogP contribution in [0.15, 0.2) is 41.3 Å². The Morgan fingerprint density at radius 2 is 2.30 bits per heavy atom. The zero-order valence-electron chi connectivity index (χ0n) is 10.4. The molecule has 0 bridgehead atoms. The van der Waals surface area contributed by atoms with Gasteiger partial charge in [-0.1, -0.05) is 47.4 Å². The number of anilines is 1. The normalized spacial score (nSPS) is 16.6. The molecule has 2 heterocycles. The Morgan fingerprint density at radius 1 is 1.45 bits per heavy atom. The minimum absolute atomic E-state index is 0.316. The Labute approximate surface area is 124 Å². The van der Waals surface area contributed by atoms with Crippen molar-refractivity contribution in [3.8, 4) is 0 Å². The summed E-state index contributed by atoms with van der Waals surface area (Å²) in [5.41, 5.74) is 1.42. The van der Waals surface area contributed by atoms with Crippen molar-refractivity contribution in [2.75, 3.05) is 11.1 Å². The van der Waals surface area contributed by atoms with Gasteiger partial charge in [0.2, 0.25) is 11.4 Å². The molecule has 1 aliphatic heterocycles. The van der Waals surface area contributed by atoms with E-state index in [1.165, 1.54) is 11.3 Å². The number of thioether (sulfide) groups is 1. The lowest BCUT2D eigenvalue weighted by atomic mass is 10.1. The van der Waals surface area contributed by atoms with Gasteiger partial charge in [0.25, 0.3) is 0 Å². The number of carbonyl (C=O) groups is 1. The molecule has 5 nitrogen and oxygen atoms in total. The van der Waals surface area contributed by atoms with E-state index in [0.29, 0.717) is 10.7 Å². The molecule has 0 amide bonds. The van der Waals surface area contributed by atoms with E-state index < -0.39 is 6.23 Å². The Morgan fingerprint density at radius 3 is 3.15 bits per heavy atom. The highest BCUT2D eigenvalue weighted by Crippen LogP contribution is 2.33. The van der Waals surface area contributed by atoms with Gasteiger partial charge in [-0.3, -0.25) is 0 Å². The maximum absolute atomic E-state index is 11.7. The number of aromatic nitrogens is 2. The molecule has 0 fully saturated rings. The van der Waals surface area contributed by atoms with Crippen molar-refractivity contribution in [2.24, 2.45) is 0 Å². The molecule has 102 valence electrons. The van der Waals surface area contributed by atoms with Crippen molar-refractivity contribution in [3.63, 3.8) is 0 Å². The first-order valence-corrected chi connectivity index (χ1v) is 7.72. The van der Waals surface area contributed by atoms with Crippen LogP contribution in [0, 0.1) is 0 Å². The monoisotopic (exact) mass is 305 g/mol. The first-order chi connectivity index (χ1) is 9.78. The van der Waals surface area contributed by atoms with Gasteiger partial charge >= 0.3 is 5.97 Å².